The highest BCUT2D eigenvalue weighted by atomic mass is 35.5. The Bertz CT molecular complexity index is 983. The molecule has 0 aliphatic rings. The van der Waals surface area contributed by atoms with E-state index in [4.69, 9.17) is 28.3 Å². The molecule has 0 saturated carbocycles. The molecule has 1 amide bonds. The van der Waals surface area contributed by atoms with Gasteiger partial charge in [0.05, 0.1) is 28.4 Å². The average Bonchev–Trinajstić information content (AvgIpc) is 3.26. The fourth-order valence-corrected chi connectivity index (χ4v) is 2.68. The van der Waals surface area contributed by atoms with Gasteiger partial charge in [-0.25, -0.2) is 4.79 Å². The summed E-state index contributed by atoms with van der Waals surface area (Å²) in [5, 5.41) is 20.7. The number of nitrogens with one attached hydrogen (secondary N) is 1. The van der Waals surface area contributed by atoms with Crippen LogP contribution in [0.15, 0.2) is 42.9 Å². The molecule has 2 N–H and O–H groups in total. The highest BCUT2D eigenvalue weighted by Crippen LogP contribution is 2.23. The van der Waals surface area contributed by atoms with Gasteiger partial charge in [0.15, 0.2) is 5.82 Å². The average molecular weight is 408 g/mol. The van der Waals surface area contributed by atoms with Crippen molar-refractivity contribution in [2.75, 3.05) is 5.32 Å². The standard InChI is InChI=1S/C17H15Cl2N5O3/c18-13-2-1-11(7-14(13)19)9-24-5-3-15(22-24)21-16(25)4-6-23-10-12(8-20-23)17(26)27/h1-3,5,7-8,10H,4,6,9H2,(H,26,27)(H,21,22,25). The van der Waals surface area contributed by atoms with Crippen molar-refractivity contribution in [2.45, 2.75) is 19.5 Å². The number of amides is 1. The van der Waals surface area contributed by atoms with Gasteiger partial charge in [-0.2, -0.15) is 10.2 Å². The molecule has 0 saturated heterocycles. The minimum atomic E-state index is -1.06. The van der Waals surface area contributed by atoms with Gasteiger partial charge in [-0.05, 0) is 17.7 Å². The third-order valence-corrected chi connectivity index (χ3v) is 4.42. The van der Waals surface area contributed by atoms with Crippen LogP contribution < -0.4 is 5.32 Å². The summed E-state index contributed by atoms with van der Waals surface area (Å²) in [5.74, 6) is -0.882. The Hall–Kier alpha value is -2.84. The van der Waals surface area contributed by atoms with Crippen LogP contribution in [0.4, 0.5) is 5.82 Å². The minimum Gasteiger partial charge on any atom is -0.478 e. The first kappa shape index (κ1) is 18.9. The van der Waals surface area contributed by atoms with Crippen molar-refractivity contribution in [2.24, 2.45) is 0 Å². The summed E-state index contributed by atoms with van der Waals surface area (Å²) < 4.78 is 3.08. The lowest BCUT2D eigenvalue weighted by Crippen LogP contribution is -2.15. The van der Waals surface area contributed by atoms with Crippen molar-refractivity contribution in [3.63, 3.8) is 0 Å². The van der Waals surface area contributed by atoms with E-state index in [1.54, 1.807) is 29.1 Å². The Kier molecular flexibility index (Phi) is 5.78. The number of anilines is 1. The summed E-state index contributed by atoms with van der Waals surface area (Å²) in [6.07, 6.45) is 4.50. The summed E-state index contributed by atoms with van der Waals surface area (Å²) in [6, 6.07) is 7.02. The fourth-order valence-electron chi connectivity index (χ4n) is 2.36. The first-order valence-corrected chi connectivity index (χ1v) is 8.69. The molecular formula is C17H15Cl2N5O3. The van der Waals surface area contributed by atoms with Gasteiger partial charge in [0.1, 0.15) is 0 Å². The number of carbonyl (C=O) groups is 2. The molecule has 0 atom stereocenters. The van der Waals surface area contributed by atoms with Crippen LogP contribution in [0.3, 0.4) is 0 Å². The molecule has 27 heavy (non-hydrogen) atoms. The zero-order valence-corrected chi connectivity index (χ0v) is 15.5. The van der Waals surface area contributed by atoms with E-state index in [0.29, 0.717) is 22.4 Å². The van der Waals surface area contributed by atoms with Crippen LogP contribution >= 0.6 is 23.2 Å². The van der Waals surface area contributed by atoms with Crippen LogP contribution in [-0.4, -0.2) is 36.5 Å². The molecule has 2 aromatic heterocycles. The smallest absolute Gasteiger partial charge is 0.338 e. The number of aromatic nitrogens is 4. The zero-order valence-electron chi connectivity index (χ0n) is 14.0. The third kappa shape index (κ3) is 5.08. The Morgan fingerprint density at radius 1 is 1.15 bits per heavy atom. The van der Waals surface area contributed by atoms with Gasteiger partial charge in [-0.3, -0.25) is 14.2 Å². The normalized spacial score (nSPS) is 10.7. The quantitative estimate of drug-likeness (QED) is 0.625. The molecule has 3 aromatic rings. The molecule has 0 aliphatic heterocycles. The largest absolute Gasteiger partial charge is 0.478 e. The van der Waals surface area contributed by atoms with Crippen molar-refractivity contribution < 1.29 is 14.7 Å². The van der Waals surface area contributed by atoms with Gasteiger partial charge in [0.25, 0.3) is 0 Å². The van der Waals surface area contributed by atoms with E-state index >= 15 is 0 Å². The van der Waals surface area contributed by atoms with Gasteiger partial charge < -0.3 is 10.4 Å². The fraction of sp³-hybridized carbons (Fsp3) is 0.176. The van der Waals surface area contributed by atoms with E-state index in [-0.39, 0.29) is 24.4 Å². The maximum absolute atomic E-state index is 12.0. The first-order valence-electron chi connectivity index (χ1n) is 7.93. The lowest BCUT2D eigenvalue weighted by molar-refractivity contribution is -0.116. The predicted octanol–water partition coefficient (Wildman–Crippen LogP) is 3.16. The van der Waals surface area contributed by atoms with Crippen LogP contribution in [0.25, 0.3) is 0 Å². The van der Waals surface area contributed by atoms with Crippen molar-refractivity contribution in [1.29, 1.82) is 0 Å². The number of aromatic carboxylic acids is 1. The zero-order chi connectivity index (χ0) is 19.4. The molecule has 0 fully saturated rings. The topological polar surface area (TPSA) is 102 Å². The molecule has 0 radical (unpaired) electrons. The number of halogens is 2. The monoisotopic (exact) mass is 407 g/mol. The van der Waals surface area contributed by atoms with Crippen molar-refractivity contribution in [3.8, 4) is 0 Å². The maximum atomic E-state index is 12.0. The van der Waals surface area contributed by atoms with E-state index in [2.05, 4.69) is 15.5 Å². The SMILES string of the molecule is O=C(CCn1cc(C(=O)O)cn1)Nc1ccn(Cc2ccc(Cl)c(Cl)c2)n1. The van der Waals surface area contributed by atoms with Crippen molar-refractivity contribution in [3.05, 3.63) is 64.0 Å². The van der Waals surface area contributed by atoms with Crippen LogP contribution in [0.1, 0.15) is 22.3 Å². The summed E-state index contributed by atoms with van der Waals surface area (Å²) in [7, 11) is 0. The van der Waals surface area contributed by atoms with E-state index in [1.165, 1.54) is 17.1 Å². The predicted molar refractivity (Wildman–Crippen MR) is 100 cm³/mol. The summed E-state index contributed by atoms with van der Waals surface area (Å²) >= 11 is 11.9. The Morgan fingerprint density at radius 2 is 1.96 bits per heavy atom. The summed E-state index contributed by atoms with van der Waals surface area (Å²) in [4.78, 5) is 22.8. The van der Waals surface area contributed by atoms with E-state index in [0.717, 1.165) is 5.56 Å². The molecular weight excluding hydrogens is 393 g/mol. The highest BCUT2D eigenvalue weighted by Gasteiger charge is 2.09. The second-order valence-corrected chi connectivity index (χ2v) is 6.56. The van der Waals surface area contributed by atoms with Crippen LogP contribution in [0.5, 0.6) is 0 Å². The molecule has 0 spiro atoms. The van der Waals surface area contributed by atoms with Gasteiger partial charge in [0.2, 0.25) is 5.91 Å². The number of nitrogens with zero attached hydrogens (tertiary/aromatic N) is 4. The van der Waals surface area contributed by atoms with Gasteiger partial charge in [-0.1, -0.05) is 29.3 Å². The molecule has 0 aliphatic carbocycles. The molecule has 8 nitrogen and oxygen atoms in total. The molecule has 0 unspecified atom stereocenters. The number of rotatable bonds is 7. The van der Waals surface area contributed by atoms with Crippen LogP contribution in [0, 0.1) is 0 Å². The number of carboxylic acid groups (broad SMARTS) is 1. The molecule has 1 aromatic carbocycles. The second-order valence-electron chi connectivity index (χ2n) is 5.74. The molecule has 10 heteroatoms. The molecule has 3 rings (SSSR count). The van der Waals surface area contributed by atoms with Gasteiger partial charge >= 0.3 is 5.97 Å². The highest BCUT2D eigenvalue weighted by molar-refractivity contribution is 6.42. The van der Waals surface area contributed by atoms with Gasteiger partial charge in [-0.15, -0.1) is 0 Å². The maximum Gasteiger partial charge on any atom is 0.338 e. The van der Waals surface area contributed by atoms with Crippen LogP contribution in [-0.2, 0) is 17.9 Å². The number of hydrogen-bond acceptors (Lipinski definition) is 4. The first-order chi connectivity index (χ1) is 12.9. The third-order valence-electron chi connectivity index (χ3n) is 3.68. The molecule has 2 heterocycles. The Morgan fingerprint density at radius 3 is 2.67 bits per heavy atom. The minimum absolute atomic E-state index is 0.0801. The lowest BCUT2D eigenvalue weighted by atomic mass is 10.2. The van der Waals surface area contributed by atoms with Crippen molar-refractivity contribution in [1.82, 2.24) is 19.6 Å². The number of carbonyl (C=O) groups excluding carboxylic acids is 1. The van der Waals surface area contributed by atoms with E-state index < -0.39 is 5.97 Å². The van der Waals surface area contributed by atoms with E-state index in [1.807, 2.05) is 6.07 Å². The van der Waals surface area contributed by atoms with Crippen LogP contribution in [0.2, 0.25) is 10.0 Å². The number of benzene rings is 1. The Balaban J connectivity index is 1.52. The van der Waals surface area contributed by atoms with E-state index in [9.17, 15) is 9.59 Å². The summed E-state index contributed by atoms with van der Waals surface area (Å²) in [5.41, 5.74) is 1.01. The lowest BCUT2D eigenvalue weighted by Gasteiger charge is -2.04. The number of aryl methyl sites for hydroxylation is 1. The van der Waals surface area contributed by atoms with Gasteiger partial charge in [0, 0.05) is 31.4 Å². The van der Waals surface area contributed by atoms with Crippen molar-refractivity contribution >= 4 is 40.9 Å². The number of hydrogen-bond donors (Lipinski definition) is 2. The summed E-state index contributed by atoms with van der Waals surface area (Å²) in [6.45, 7) is 0.751. The Labute approximate surface area is 164 Å². The molecule has 140 valence electrons. The number of carboxylic acids is 1. The second kappa shape index (κ2) is 8.24. The molecule has 0 bridgehead atoms.